The van der Waals surface area contributed by atoms with Gasteiger partial charge in [0, 0.05) is 24.9 Å². The zero-order valence-electron chi connectivity index (χ0n) is 15.5. The number of oxazole rings is 1. The first-order valence-electron chi connectivity index (χ1n) is 9.17. The molecule has 3 rings (SSSR count). The molecule has 5 nitrogen and oxygen atoms in total. The molecule has 0 aliphatic carbocycles. The molecule has 1 N–H and O–H groups in total. The molecule has 5 heteroatoms. The van der Waals surface area contributed by atoms with E-state index in [9.17, 15) is 4.79 Å². The third-order valence-electron chi connectivity index (χ3n) is 4.08. The van der Waals surface area contributed by atoms with Crippen molar-refractivity contribution in [3.63, 3.8) is 0 Å². The molecule has 1 aromatic heterocycles. The molecule has 0 spiro atoms. The van der Waals surface area contributed by atoms with Crippen molar-refractivity contribution in [2.75, 3.05) is 13.2 Å². The molecule has 0 unspecified atom stereocenters. The van der Waals surface area contributed by atoms with Crippen molar-refractivity contribution in [2.45, 2.75) is 26.2 Å². The highest BCUT2D eigenvalue weighted by atomic mass is 16.5. The number of aryl methyl sites for hydroxylation is 2. The minimum absolute atomic E-state index is 0.00924. The van der Waals surface area contributed by atoms with Crippen molar-refractivity contribution >= 4 is 5.91 Å². The third kappa shape index (κ3) is 5.99. The van der Waals surface area contributed by atoms with Crippen LogP contribution in [0.15, 0.2) is 65.2 Å². The fourth-order valence-corrected chi connectivity index (χ4v) is 2.67. The Hall–Kier alpha value is -3.08. The lowest BCUT2D eigenvalue weighted by molar-refractivity contribution is -0.121. The molecule has 1 amide bonds. The zero-order chi connectivity index (χ0) is 18.9. The first-order valence-corrected chi connectivity index (χ1v) is 9.17. The number of aromatic nitrogens is 1. The van der Waals surface area contributed by atoms with E-state index in [-0.39, 0.29) is 5.91 Å². The Labute approximate surface area is 159 Å². The first-order chi connectivity index (χ1) is 13.2. The van der Waals surface area contributed by atoms with Crippen LogP contribution in [0.2, 0.25) is 0 Å². The number of nitrogens with one attached hydrogen (secondary N) is 1. The average molecular weight is 364 g/mol. The summed E-state index contributed by atoms with van der Waals surface area (Å²) in [6, 6.07) is 17.7. The normalized spacial score (nSPS) is 10.6. The quantitative estimate of drug-likeness (QED) is 0.579. The lowest BCUT2D eigenvalue weighted by atomic mass is 10.2. The lowest BCUT2D eigenvalue weighted by Crippen LogP contribution is -2.25. The Morgan fingerprint density at radius 3 is 2.81 bits per heavy atom. The van der Waals surface area contributed by atoms with Gasteiger partial charge in [-0.05, 0) is 31.0 Å². The van der Waals surface area contributed by atoms with Crippen LogP contribution in [-0.4, -0.2) is 24.0 Å². The van der Waals surface area contributed by atoms with E-state index < -0.39 is 0 Å². The molecule has 140 valence electrons. The molecule has 0 saturated heterocycles. The minimum atomic E-state index is -0.00924. The molecule has 0 fully saturated rings. The molecular weight excluding hydrogens is 340 g/mol. The Morgan fingerprint density at radius 1 is 1.15 bits per heavy atom. The van der Waals surface area contributed by atoms with Gasteiger partial charge in [-0.2, -0.15) is 0 Å². The Kier molecular flexibility index (Phi) is 6.63. The van der Waals surface area contributed by atoms with Crippen LogP contribution in [0.4, 0.5) is 0 Å². The molecule has 1 heterocycles. The summed E-state index contributed by atoms with van der Waals surface area (Å²) in [5, 5.41) is 2.90. The summed E-state index contributed by atoms with van der Waals surface area (Å²) in [5.74, 6) is 2.15. The minimum Gasteiger partial charge on any atom is -0.494 e. The maximum absolute atomic E-state index is 11.9. The van der Waals surface area contributed by atoms with Crippen molar-refractivity contribution in [3.8, 4) is 17.1 Å². The van der Waals surface area contributed by atoms with Gasteiger partial charge in [0.05, 0.1) is 12.8 Å². The highest BCUT2D eigenvalue weighted by Crippen LogP contribution is 2.20. The molecule has 0 bridgehead atoms. The van der Waals surface area contributed by atoms with Crippen LogP contribution in [0.5, 0.6) is 5.75 Å². The number of rotatable bonds is 9. The lowest BCUT2D eigenvalue weighted by Gasteiger charge is -2.07. The molecule has 27 heavy (non-hydrogen) atoms. The summed E-state index contributed by atoms with van der Waals surface area (Å²) in [4.78, 5) is 16.2. The standard InChI is InChI=1S/C22H24N2O3/c1-17-7-5-10-19(15-17)26-14-6-13-23-21(25)11-12-22-24-16-20(27-22)18-8-3-2-4-9-18/h2-5,7-10,15-16H,6,11-14H2,1H3,(H,23,25). The smallest absolute Gasteiger partial charge is 0.220 e. The van der Waals surface area contributed by atoms with Gasteiger partial charge in [0.15, 0.2) is 11.7 Å². The number of carbonyl (C=O) groups is 1. The predicted molar refractivity (Wildman–Crippen MR) is 105 cm³/mol. The number of ether oxygens (including phenoxy) is 1. The summed E-state index contributed by atoms with van der Waals surface area (Å²) in [5.41, 5.74) is 2.15. The highest BCUT2D eigenvalue weighted by molar-refractivity contribution is 5.76. The summed E-state index contributed by atoms with van der Waals surface area (Å²) in [6.45, 7) is 3.19. The Morgan fingerprint density at radius 2 is 2.00 bits per heavy atom. The second kappa shape index (κ2) is 9.57. The Bertz CT molecular complexity index is 859. The van der Waals surface area contributed by atoms with Gasteiger partial charge >= 0.3 is 0 Å². The summed E-state index contributed by atoms with van der Waals surface area (Å²) in [7, 11) is 0. The fourth-order valence-electron chi connectivity index (χ4n) is 2.67. The monoisotopic (exact) mass is 364 g/mol. The molecule has 3 aromatic rings. The Balaban J connectivity index is 1.32. The van der Waals surface area contributed by atoms with Gasteiger partial charge in [-0.15, -0.1) is 0 Å². The van der Waals surface area contributed by atoms with Gasteiger partial charge in [0.25, 0.3) is 0 Å². The number of amides is 1. The van der Waals surface area contributed by atoms with E-state index in [0.29, 0.717) is 31.9 Å². The van der Waals surface area contributed by atoms with E-state index in [1.165, 1.54) is 5.56 Å². The van der Waals surface area contributed by atoms with E-state index in [4.69, 9.17) is 9.15 Å². The van der Waals surface area contributed by atoms with Gasteiger partial charge < -0.3 is 14.5 Å². The van der Waals surface area contributed by atoms with E-state index in [2.05, 4.69) is 10.3 Å². The summed E-state index contributed by atoms with van der Waals surface area (Å²) < 4.78 is 11.4. The number of carbonyl (C=O) groups excluding carboxylic acids is 1. The second-order valence-electron chi connectivity index (χ2n) is 6.35. The van der Waals surface area contributed by atoms with Gasteiger partial charge in [0.1, 0.15) is 5.75 Å². The maximum Gasteiger partial charge on any atom is 0.220 e. The fraction of sp³-hybridized carbons (Fsp3) is 0.273. The number of hydrogen-bond donors (Lipinski definition) is 1. The van der Waals surface area contributed by atoms with Crippen LogP contribution in [0.3, 0.4) is 0 Å². The van der Waals surface area contributed by atoms with E-state index in [0.717, 1.165) is 23.5 Å². The van der Waals surface area contributed by atoms with Crippen LogP contribution >= 0.6 is 0 Å². The number of nitrogens with zero attached hydrogens (tertiary/aromatic N) is 1. The zero-order valence-corrected chi connectivity index (χ0v) is 15.5. The molecular formula is C22H24N2O3. The van der Waals surface area contributed by atoms with E-state index in [1.54, 1.807) is 6.20 Å². The van der Waals surface area contributed by atoms with Crippen molar-refractivity contribution in [1.29, 1.82) is 0 Å². The first kappa shape index (κ1) is 18.7. The molecule has 2 aromatic carbocycles. The van der Waals surface area contributed by atoms with E-state index >= 15 is 0 Å². The van der Waals surface area contributed by atoms with Gasteiger partial charge in [-0.25, -0.2) is 4.98 Å². The summed E-state index contributed by atoms with van der Waals surface area (Å²) >= 11 is 0. The SMILES string of the molecule is Cc1cccc(OCCCNC(=O)CCc2ncc(-c3ccccc3)o2)c1. The van der Waals surface area contributed by atoms with Crippen LogP contribution in [0, 0.1) is 6.92 Å². The molecule has 0 radical (unpaired) electrons. The molecule has 0 saturated carbocycles. The van der Waals surface area contributed by atoms with Crippen LogP contribution in [-0.2, 0) is 11.2 Å². The average Bonchev–Trinajstić information content (AvgIpc) is 3.16. The number of benzene rings is 2. The maximum atomic E-state index is 11.9. The molecule has 0 aliphatic rings. The van der Waals surface area contributed by atoms with Crippen molar-refractivity contribution < 1.29 is 13.9 Å². The predicted octanol–water partition coefficient (Wildman–Crippen LogP) is 4.17. The van der Waals surface area contributed by atoms with Crippen LogP contribution < -0.4 is 10.1 Å². The number of hydrogen-bond acceptors (Lipinski definition) is 4. The van der Waals surface area contributed by atoms with Crippen molar-refractivity contribution in [2.24, 2.45) is 0 Å². The highest BCUT2D eigenvalue weighted by Gasteiger charge is 2.08. The van der Waals surface area contributed by atoms with Crippen LogP contribution in [0.1, 0.15) is 24.3 Å². The second-order valence-corrected chi connectivity index (χ2v) is 6.35. The van der Waals surface area contributed by atoms with Gasteiger partial charge in [0.2, 0.25) is 5.91 Å². The van der Waals surface area contributed by atoms with Gasteiger partial charge in [-0.1, -0.05) is 42.5 Å². The largest absolute Gasteiger partial charge is 0.494 e. The van der Waals surface area contributed by atoms with Crippen molar-refractivity contribution in [1.82, 2.24) is 10.3 Å². The van der Waals surface area contributed by atoms with Crippen LogP contribution in [0.25, 0.3) is 11.3 Å². The topological polar surface area (TPSA) is 64.4 Å². The summed E-state index contributed by atoms with van der Waals surface area (Å²) in [6.07, 6.45) is 3.30. The van der Waals surface area contributed by atoms with E-state index in [1.807, 2.05) is 61.5 Å². The van der Waals surface area contributed by atoms with Crippen molar-refractivity contribution in [3.05, 3.63) is 72.2 Å². The van der Waals surface area contributed by atoms with Gasteiger partial charge in [-0.3, -0.25) is 4.79 Å². The third-order valence-corrected chi connectivity index (χ3v) is 4.08. The molecule has 0 atom stereocenters. The molecule has 0 aliphatic heterocycles.